The average Bonchev–Trinajstić information content (AvgIpc) is 1.81. The van der Waals surface area contributed by atoms with Crippen LogP contribution >= 0.6 is 0 Å². The van der Waals surface area contributed by atoms with Gasteiger partial charge in [0, 0.05) is 0 Å². The molecular weight excluding hydrogens is 108 g/mol. The van der Waals surface area contributed by atoms with E-state index >= 15 is 0 Å². The quantitative estimate of drug-likeness (QED) is 0.504. The van der Waals surface area contributed by atoms with Crippen molar-refractivity contribution in [3.05, 3.63) is 0 Å². The molecule has 2 aliphatic rings. The molecule has 9 heavy (non-hydrogen) atoms. The molecule has 2 saturated carbocycles. The van der Waals surface area contributed by atoms with E-state index in [9.17, 15) is 0 Å². The summed E-state index contributed by atoms with van der Waals surface area (Å²) in [7, 11) is 0. The highest BCUT2D eigenvalue weighted by molar-refractivity contribution is 5.05. The molecule has 0 heterocycles. The van der Waals surface area contributed by atoms with Crippen LogP contribution in [0.25, 0.3) is 0 Å². The summed E-state index contributed by atoms with van der Waals surface area (Å²) in [6.07, 6.45) is 6.06. The summed E-state index contributed by atoms with van der Waals surface area (Å²) in [6.45, 7) is 4.77. The Bertz CT molecular complexity index is 124. The van der Waals surface area contributed by atoms with Gasteiger partial charge in [-0.15, -0.1) is 0 Å². The van der Waals surface area contributed by atoms with Gasteiger partial charge in [0.1, 0.15) is 0 Å². The molecule has 0 nitrogen and oxygen atoms in total. The van der Waals surface area contributed by atoms with Gasteiger partial charge in [0.15, 0.2) is 0 Å². The third-order valence-electron chi connectivity index (χ3n) is 3.86. The molecule has 0 aromatic rings. The first-order valence-corrected chi connectivity index (χ1v) is 4.28. The highest BCUT2D eigenvalue weighted by Gasteiger charge is 2.56. The lowest BCUT2D eigenvalue weighted by Crippen LogP contribution is -2.53. The molecule has 0 spiro atoms. The molecule has 3 unspecified atom stereocenters. The van der Waals surface area contributed by atoms with Crippen LogP contribution in [0, 0.1) is 17.3 Å². The molecule has 52 valence electrons. The van der Waals surface area contributed by atoms with Crippen LogP contribution in [-0.2, 0) is 0 Å². The van der Waals surface area contributed by atoms with Crippen LogP contribution in [0.2, 0.25) is 0 Å². The fourth-order valence-corrected chi connectivity index (χ4v) is 3.07. The molecule has 2 rings (SSSR count). The molecule has 0 bridgehead atoms. The maximum atomic E-state index is 2.41. The first-order chi connectivity index (χ1) is 4.28. The molecule has 0 saturated heterocycles. The minimum absolute atomic E-state index is 0.874. The SMILES string of the molecule is CCC12CCC1C(C)C2. The minimum atomic E-state index is 0.874. The number of fused-ring (bicyclic) bond motifs is 1. The molecule has 0 radical (unpaired) electrons. The standard InChI is InChI=1S/C9H16/c1-3-9-5-4-8(9)7(2)6-9/h7-8H,3-6H2,1-2H3. The van der Waals surface area contributed by atoms with Crippen molar-refractivity contribution in [2.75, 3.05) is 0 Å². The zero-order valence-corrected chi connectivity index (χ0v) is 6.48. The number of rotatable bonds is 1. The lowest BCUT2D eigenvalue weighted by atomic mass is 9.42. The van der Waals surface area contributed by atoms with E-state index in [1.54, 1.807) is 6.42 Å². The van der Waals surface area contributed by atoms with Gasteiger partial charge in [0.25, 0.3) is 0 Å². The van der Waals surface area contributed by atoms with Crippen molar-refractivity contribution in [2.24, 2.45) is 17.3 Å². The van der Waals surface area contributed by atoms with Crippen molar-refractivity contribution in [2.45, 2.75) is 39.5 Å². The lowest BCUT2D eigenvalue weighted by Gasteiger charge is -2.63. The molecule has 0 N–H and O–H groups in total. The maximum Gasteiger partial charge on any atom is -0.0266 e. The highest BCUT2D eigenvalue weighted by Crippen LogP contribution is 2.65. The average molecular weight is 124 g/mol. The second-order valence-corrected chi connectivity index (χ2v) is 4.04. The molecule has 2 fully saturated rings. The van der Waals surface area contributed by atoms with E-state index in [1.165, 1.54) is 19.3 Å². The first-order valence-electron chi connectivity index (χ1n) is 4.28. The van der Waals surface area contributed by atoms with Gasteiger partial charge < -0.3 is 0 Å². The van der Waals surface area contributed by atoms with Gasteiger partial charge >= 0.3 is 0 Å². The minimum Gasteiger partial charge on any atom is -0.0648 e. The molecule has 0 aromatic carbocycles. The summed E-state index contributed by atoms with van der Waals surface area (Å²) >= 11 is 0. The van der Waals surface area contributed by atoms with Gasteiger partial charge in [-0.2, -0.15) is 0 Å². The van der Waals surface area contributed by atoms with E-state index in [2.05, 4.69) is 13.8 Å². The van der Waals surface area contributed by atoms with Crippen LogP contribution < -0.4 is 0 Å². The van der Waals surface area contributed by atoms with Crippen LogP contribution in [0.5, 0.6) is 0 Å². The molecule has 3 atom stereocenters. The first kappa shape index (κ1) is 5.76. The van der Waals surface area contributed by atoms with Crippen molar-refractivity contribution >= 4 is 0 Å². The molecule has 0 amide bonds. The monoisotopic (exact) mass is 124 g/mol. The molecule has 2 aliphatic carbocycles. The Kier molecular flexibility index (Phi) is 0.980. The summed E-state index contributed by atoms with van der Waals surface area (Å²) in [4.78, 5) is 0. The summed E-state index contributed by atoms with van der Waals surface area (Å²) in [5.74, 6) is 2.21. The molecule has 0 aromatic heterocycles. The number of hydrogen-bond donors (Lipinski definition) is 0. The Morgan fingerprint density at radius 3 is 2.44 bits per heavy atom. The topological polar surface area (TPSA) is 0 Å². The third-order valence-corrected chi connectivity index (χ3v) is 3.86. The molecular formula is C9H16. The van der Waals surface area contributed by atoms with Gasteiger partial charge in [-0.05, 0) is 36.5 Å². The van der Waals surface area contributed by atoms with E-state index in [0.717, 1.165) is 17.3 Å². The summed E-state index contributed by atoms with van der Waals surface area (Å²) in [5.41, 5.74) is 0.874. The Hall–Kier alpha value is 0. The Balaban J connectivity index is 2.04. The van der Waals surface area contributed by atoms with Crippen LogP contribution in [0.3, 0.4) is 0 Å². The zero-order chi connectivity index (χ0) is 6.48. The van der Waals surface area contributed by atoms with Gasteiger partial charge in [0.2, 0.25) is 0 Å². The summed E-state index contributed by atoms with van der Waals surface area (Å²) in [5, 5.41) is 0. The maximum absolute atomic E-state index is 2.41. The van der Waals surface area contributed by atoms with Crippen molar-refractivity contribution < 1.29 is 0 Å². The van der Waals surface area contributed by atoms with Crippen molar-refractivity contribution in [1.82, 2.24) is 0 Å². The van der Waals surface area contributed by atoms with Crippen LogP contribution in [0.15, 0.2) is 0 Å². The van der Waals surface area contributed by atoms with E-state index < -0.39 is 0 Å². The van der Waals surface area contributed by atoms with Gasteiger partial charge in [-0.3, -0.25) is 0 Å². The van der Waals surface area contributed by atoms with Crippen molar-refractivity contribution in [1.29, 1.82) is 0 Å². The van der Waals surface area contributed by atoms with Gasteiger partial charge in [0.05, 0.1) is 0 Å². The van der Waals surface area contributed by atoms with E-state index in [1.807, 2.05) is 0 Å². The Morgan fingerprint density at radius 1 is 1.56 bits per heavy atom. The fourth-order valence-electron chi connectivity index (χ4n) is 3.07. The van der Waals surface area contributed by atoms with Gasteiger partial charge in [-0.25, -0.2) is 0 Å². The van der Waals surface area contributed by atoms with Crippen LogP contribution in [0.1, 0.15) is 39.5 Å². The van der Waals surface area contributed by atoms with E-state index in [0.29, 0.717) is 0 Å². The second kappa shape index (κ2) is 1.53. The van der Waals surface area contributed by atoms with Crippen molar-refractivity contribution in [3.63, 3.8) is 0 Å². The second-order valence-electron chi connectivity index (χ2n) is 4.04. The Morgan fingerprint density at radius 2 is 2.33 bits per heavy atom. The van der Waals surface area contributed by atoms with E-state index in [-0.39, 0.29) is 0 Å². The smallest absolute Gasteiger partial charge is 0.0266 e. The highest BCUT2D eigenvalue weighted by atomic mass is 14.6. The third kappa shape index (κ3) is 0.500. The molecule has 0 aliphatic heterocycles. The fraction of sp³-hybridized carbons (Fsp3) is 1.00. The van der Waals surface area contributed by atoms with Crippen LogP contribution in [0.4, 0.5) is 0 Å². The number of hydrogen-bond acceptors (Lipinski definition) is 0. The largest absolute Gasteiger partial charge is 0.0648 e. The zero-order valence-electron chi connectivity index (χ0n) is 6.48. The predicted molar refractivity (Wildman–Crippen MR) is 39.2 cm³/mol. The predicted octanol–water partition coefficient (Wildman–Crippen LogP) is 2.83. The van der Waals surface area contributed by atoms with Crippen molar-refractivity contribution in [3.8, 4) is 0 Å². The Labute approximate surface area is 57.6 Å². The molecule has 0 heteroatoms. The van der Waals surface area contributed by atoms with Gasteiger partial charge in [-0.1, -0.05) is 20.3 Å². The van der Waals surface area contributed by atoms with Crippen LogP contribution in [-0.4, -0.2) is 0 Å². The lowest BCUT2D eigenvalue weighted by molar-refractivity contribution is -0.128. The summed E-state index contributed by atoms with van der Waals surface area (Å²) < 4.78 is 0. The summed E-state index contributed by atoms with van der Waals surface area (Å²) in [6, 6.07) is 0. The normalized spacial score (nSPS) is 55.3. The van der Waals surface area contributed by atoms with E-state index in [4.69, 9.17) is 0 Å².